The maximum atomic E-state index is 11.6. The van der Waals surface area contributed by atoms with Gasteiger partial charge in [-0.1, -0.05) is 0 Å². The van der Waals surface area contributed by atoms with Gasteiger partial charge in [0.15, 0.2) is 12.0 Å². The number of carbonyl (C=O) groups excluding carboxylic acids is 1. The number of carbonyl (C=O) groups is 1. The quantitative estimate of drug-likeness (QED) is 0.736. The first-order chi connectivity index (χ1) is 7.49. The van der Waals surface area contributed by atoms with Crippen LogP contribution in [0.1, 0.15) is 17.5 Å². The van der Waals surface area contributed by atoms with Crippen molar-refractivity contribution in [1.82, 2.24) is 4.72 Å². The zero-order valence-corrected chi connectivity index (χ0v) is 9.78. The molecule has 0 amide bonds. The largest absolute Gasteiger partial charge is 0.440 e. The van der Waals surface area contributed by atoms with Crippen molar-refractivity contribution in [3.63, 3.8) is 0 Å². The van der Waals surface area contributed by atoms with Crippen LogP contribution in [0.25, 0.3) is 0 Å². The summed E-state index contributed by atoms with van der Waals surface area (Å²) in [5.74, 6) is -0.0276. The van der Waals surface area contributed by atoms with Gasteiger partial charge in [-0.05, 0) is 19.1 Å². The Morgan fingerprint density at radius 3 is 2.75 bits per heavy atom. The SMILES string of the molecule is COC(C)CNS(=O)(=O)c1ccc(C=O)o1. The number of aldehydes is 1. The summed E-state index contributed by atoms with van der Waals surface area (Å²) in [4.78, 5) is 10.3. The number of rotatable bonds is 6. The van der Waals surface area contributed by atoms with Crippen LogP contribution >= 0.6 is 0 Å². The molecule has 0 radical (unpaired) electrons. The molecule has 1 heterocycles. The average Bonchev–Trinajstić information content (AvgIpc) is 2.75. The molecular weight excluding hydrogens is 234 g/mol. The van der Waals surface area contributed by atoms with E-state index in [2.05, 4.69) is 4.72 Å². The summed E-state index contributed by atoms with van der Waals surface area (Å²) in [6.45, 7) is 1.86. The molecule has 0 aliphatic rings. The Kier molecular flexibility index (Phi) is 4.22. The number of hydrogen-bond acceptors (Lipinski definition) is 5. The van der Waals surface area contributed by atoms with E-state index in [1.54, 1.807) is 6.92 Å². The van der Waals surface area contributed by atoms with Crippen LogP contribution in [0.15, 0.2) is 21.6 Å². The predicted octanol–water partition coefficient (Wildman–Crippen LogP) is 0.405. The number of sulfonamides is 1. The fourth-order valence-electron chi connectivity index (χ4n) is 0.924. The Hall–Kier alpha value is -1.18. The van der Waals surface area contributed by atoms with Gasteiger partial charge in [0.25, 0.3) is 10.0 Å². The smallest absolute Gasteiger partial charge is 0.274 e. The first-order valence-electron chi connectivity index (χ1n) is 4.57. The van der Waals surface area contributed by atoms with Gasteiger partial charge in [0.2, 0.25) is 5.09 Å². The Morgan fingerprint density at radius 1 is 1.56 bits per heavy atom. The van der Waals surface area contributed by atoms with E-state index in [0.29, 0.717) is 6.29 Å². The molecule has 16 heavy (non-hydrogen) atoms. The lowest BCUT2D eigenvalue weighted by Crippen LogP contribution is -2.31. The Labute approximate surface area is 93.6 Å². The van der Waals surface area contributed by atoms with Gasteiger partial charge < -0.3 is 9.15 Å². The van der Waals surface area contributed by atoms with E-state index >= 15 is 0 Å². The van der Waals surface area contributed by atoms with Crippen LogP contribution in [0.2, 0.25) is 0 Å². The summed E-state index contributed by atoms with van der Waals surface area (Å²) in [6, 6.07) is 2.52. The first kappa shape index (κ1) is 12.9. The van der Waals surface area contributed by atoms with E-state index in [9.17, 15) is 13.2 Å². The van der Waals surface area contributed by atoms with E-state index in [4.69, 9.17) is 9.15 Å². The van der Waals surface area contributed by atoms with Gasteiger partial charge in [-0.25, -0.2) is 13.1 Å². The summed E-state index contributed by atoms with van der Waals surface area (Å²) in [5, 5.41) is -0.280. The van der Waals surface area contributed by atoms with Gasteiger partial charge in [-0.3, -0.25) is 4.79 Å². The summed E-state index contributed by atoms with van der Waals surface area (Å²) in [6.07, 6.45) is 0.201. The molecule has 1 N–H and O–H groups in total. The Balaban J connectivity index is 2.74. The number of nitrogens with one attached hydrogen (secondary N) is 1. The van der Waals surface area contributed by atoms with Crippen molar-refractivity contribution in [2.45, 2.75) is 18.1 Å². The summed E-state index contributed by atoms with van der Waals surface area (Å²) in [7, 11) is -2.23. The van der Waals surface area contributed by atoms with E-state index in [1.807, 2.05) is 0 Å². The zero-order valence-electron chi connectivity index (χ0n) is 8.97. The van der Waals surface area contributed by atoms with Crippen LogP contribution in [0.5, 0.6) is 0 Å². The molecule has 0 saturated carbocycles. The molecule has 0 aliphatic carbocycles. The topological polar surface area (TPSA) is 85.6 Å². The monoisotopic (exact) mass is 247 g/mol. The molecule has 0 aromatic carbocycles. The van der Waals surface area contributed by atoms with Gasteiger partial charge in [0.1, 0.15) is 0 Å². The van der Waals surface area contributed by atoms with Crippen molar-refractivity contribution in [3.8, 4) is 0 Å². The van der Waals surface area contributed by atoms with Crippen LogP contribution < -0.4 is 4.72 Å². The highest BCUT2D eigenvalue weighted by atomic mass is 32.2. The lowest BCUT2D eigenvalue weighted by Gasteiger charge is -2.09. The fraction of sp³-hybridized carbons (Fsp3) is 0.444. The fourth-order valence-corrected chi connectivity index (χ4v) is 1.97. The van der Waals surface area contributed by atoms with Crippen molar-refractivity contribution in [2.24, 2.45) is 0 Å². The van der Waals surface area contributed by atoms with Crippen LogP contribution in [0.3, 0.4) is 0 Å². The summed E-state index contributed by atoms with van der Waals surface area (Å²) >= 11 is 0. The maximum absolute atomic E-state index is 11.6. The molecule has 7 heteroatoms. The number of furan rings is 1. The molecule has 0 spiro atoms. The van der Waals surface area contributed by atoms with Gasteiger partial charge in [0.05, 0.1) is 6.10 Å². The van der Waals surface area contributed by atoms with Crippen molar-refractivity contribution in [2.75, 3.05) is 13.7 Å². The highest BCUT2D eigenvalue weighted by Gasteiger charge is 2.19. The number of ether oxygens (including phenoxy) is 1. The first-order valence-corrected chi connectivity index (χ1v) is 6.05. The minimum Gasteiger partial charge on any atom is -0.440 e. The minimum atomic E-state index is -3.71. The summed E-state index contributed by atoms with van der Waals surface area (Å²) in [5.41, 5.74) is 0. The maximum Gasteiger partial charge on any atom is 0.274 e. The van der Waals surface area contributed by atoms with Gasteiger partial charge >= 0.3 is 0 Å². The van der Waals surface area contributed by atoms with E-state index < -0.39 is 10.0 Å². The van der Waals surface area contributed by atoms with Gasteiger partial charge in [0, 0.05) is 13.7 Å². The molecule has 1 unspecified atom stereocenters. The van der Waals surface area contributed by atoms with Gasteiger partial charge in [-0.2, -0.15) is 0 Å². The normalized spacial score (nSPS) is 13.6. The highest BCUT2D eigenvalue weighted by molar-refractivity contribution is 7.89. The molecule has 0 saturated heterocycles. The molecular formula is C9H13NO5S. The van der Waals surface area contributed by atoms with Crippen LogP contribution in [-0.4, -0.2) is 34.5 Å². The number of methoxy groups -OCH3 is 1. The standard InChI is InChI=1S/C9H13NO5S/c1-7(14-2)5-10-16(12,13)9-4-3-8(6-11)15-9/h3-4,6-7,10H,5H2,1-2H3. The molecule has 6 nitrogen and oxygen atoms in total. The van der Waals surface area contributed by atoms with Crippen molar-refractivity contribution >= 4 is 16.3 Å². The van der Waals surface area contributed by atoms with Crippen molar-refractivity contribution in [1.29, 1.82) is 0 Å². The lowest BCUT2D eigenvalue weighted by atomic mass is 10.4. The molecule has 0 bridgehead atoms. The average molecular weight is 247 g/mol. The van der Waals surface area contributed by atoms with Crippen molar-refractivity contribution < 1.29 is 22.4 Å². The number of hydrogen-bond donors (Lipinski definition) is 1. The van der Waals surface area contributed by atoms with Gasteiger partial charge in [-0.15, -0.1) is 0 Å². The van der Waals surface area contributed by atoms with E-state index in [0.717, 1.165) is 0 Å². The summed E-state index contributed by atoms with van der Waals surface area (Å²) < 4.78 is 35.2. The lowest BCUT2D eigenvalue weighted by molar-refractivity contribution is 0.109. The third kappa shape index (κ3) is 3.16. The molecule has 1 rings (SSSR count). The molecule has 90 valence electrons. The third-order valence-corrected chi connectivity index (χ3v) is 3.24. The molecule has 1 aromatic rings. The second-order valence-corrected chi connectivity index (χ2v) is 4.87. The second-order valence-electron chi connectivity index (χ2n) is 3.17. The minimum absolute atomic E-state index is 0.0276. The molecule has 0 fully saturated rings. The van der Waals surface area contributed by atoms with Crippen LogP contribution in [-0.2, 0) is 14.8 Å². The Morgan fingerprint density at radius 2 is 2.25 bits per heavy atom. The second kappa shape index (κ2) is 5.24. The highest BCUT2D eigenvalue weighted by Crippen LogP contribution is 2.12. The molecule has 0 aliphatic heterocycles. The van der Waals surface area contributed by atoms with Crippen molar-refractivity contribution in [3.05, 3.63) is 17.9 Å². The predicted molar refractivity (Wildman–Crippen MR) is 55.8 cm³/mol. The third-order valence-electron chi connectivity index (χ3n) is 1.95. The van der Waals surface area contributed by atoms with E-state index in [1.165, 1.54) is 19.2 Å². The van der Waals surface area contributed by atoms with Crippen LogP contribution in [0, 0.1) is 0 Å². The van der Waals surface area contributed by atoms with E-state index in [-0.39, 0.29) is 23.5 Å². The Bertz CT molecular complexity index is 450. The van der Waals surface area contributed by atoms with Crippen LogP contribution in [0.4, 0.5) is 0 Å². The molecule has 1 aromatic heterocycles. The zero-order chi connectivity index (χ0) is 12.2. The molecule has 1 atom stereocenters.